The van der Waals surface area contributed by atoms with E-state index in [1.807, 2.05) is 6.26 Å². The molecule has 1 atom stereocenters. The predicted molar refractivity (Wildman–Crippen MR) is 105 cm³/mol. The highest BCUT2D eigenvalue weighted by molar-refractivity contribution is 7.98. The van der Waals surface area contributed by atoms with Crippen molar-refractivity contribution in [3.63, 3.8) is 0 Å². The normalized spacial score (nSPS) is 11.6. The smallest absolute Gasteiger partial charge is 0.340 e. The van der Waals surface area contributed by atoms with Crippen molar-refractivity contribution in [3.05, 3.63) is 52.0 Å². The number of ether oxygens (including phenoxy) is 2. The van der Waals surface area contributed by atoms with E-state index < -0.39 is 18.0 Å². The van der Waals surface area contributed by atoms with E-state index in [9.17, 15) is 9.59 Å². The Labute approximate surface area is 166 Å². The summed E-state index contributed by atoms with van der Waals surface area (Å²) >= 11 is 13.5. The zero-order valence-electron chi connectivity index (χ0n) is 14.3. The van der Waals surface area contributed by atoms with Crippen LogP contribution in [0.3, 0.4) is 0 Å². The molecule has 0 saturated carbocycles. The van der Waals surface area contributed by atoms with E-state index >= 15 is 0 Å². The first-order valence-electron chi connectivity index (χ1n) is 7.54. The van der Waals surface area contributed by atoms with Crippen molar-refractivity contribution in [2.24, 2.45) is 0 Å². The quantitative estimate of drug-likeness (QED) is 0.538. The molecule has 2 aromatic carbocycles. The molecule has 1 amide bonds. The van der Waals surface area contributed by atoms with Gasteiger partial charge in [0, 0.05) is 9.92 Å². The van der Waals surface area contributed by atoms with Gasteiger partial charge in [0.05, 0.1) is 23.4 Å². The number of carbonyl (C=O) groups is 2. The fourth-order valence-corrected chi connectivity index (χ4v) is 2.88. The molecule has 2 rings (SSSR count). The summed E-state index contributed by atoms with van der Waals surface area (Å²) < 4.78 is 10.4. The standard InChI is InChI=1S/C18H17Cl2NO4S/c1-10(17(22)21-15-8-11(19)4-7-16(15)24-2)25-18(23)13-9-12(26-3)5-6-14(13)20/h4-10H,1-3H3,(H,21,22)/t10-/m1/s1. The van der Waals surface area contributed by atoms with Crippen molar-refractivity contribution in [2.45, 2.75) is 17.9 Å². The molecule has 0 aliphatic heterocycles. The summed E-state index contributed by atoms with van der Waals surface area (Å²) in [5.74, 6) is -0.750. The van der Waals surface area contributed by atoms with Gasteiger partial charge in [0.25, 0.3) is 5.91 Å². The Kier molecular flexibility index (Phi) is 7.20. The monoisotopic (exact) mass is 413 g/mol. The molecule has 0 aromatic heterocycles. The van der Waals surface area contributed by atoms with Crippen molar-refractivity contribution < 1.29 is 19.1 Å². The summed E-state index contributed by atoms with van der Waals surface area (Å²) in [7, 11) is 1.48. The lowest BCUT2D eigenvalue weighted by Crippen LogP contribution is -2.30. The summed E-state index contributed by atoms with van der Waals surface area (Å²) in [6.45, 7) is 1.47. The second kappa shape index (κ2) is 9.16. The largest absolute Gasteiger partial charge is 0.495 e. The molecule has 0 bridgehead atoms. The highest BCUT2D eigenvalue weighted by Gasteiger charge is 2.22. The zero-order valence-corrected chi connectivity index (χ0v) is 16.7. The molecule has 1 N–H and O–H groups in total. The van der Waals surface area contributed by atoms with Crippen LogP contribution in [0, 0.1) is 0 Å². The molecule has 0 aliphatic rings. The minimum absolute atomic E-state index is 0.207. The Bertz CT molecular complexity index is 829. The molecular formula is C18H17Cl2NO4S. The molecule has 0 heterocycles. The van der Waals surface area contributed by atoms with Gasteiger partial charge in [-0.1, -0.05) is 23.2 Å². The summed E-state index contributed by atoms with van der Waals surface area (Å²) in [4.78, 5) is 25.5. The third-order valence-electron chi connectivity index (χ3n) is 3.47. The third kappa shape index (κ3) is 5.06. The lowest BCUT2D eigenvalue weighted by Gasteiger charge is -2.16. The number of halogens is 2. The first kappa shape index (κ1) is 20.4. The van der Waals surface area contributed by atoms with Gasteiger partial charge in [0.1, 0.15) is 5.75 Å². The van der Waals surface area contributed by atoms with Crippen LogP contribution in [0.1, 0.15) is 17.3 Å². The number of hydrogen-bond donors (Lipinski definition) is 1. The predicted octanol–water partition coefficient (Wildman–Crippen LogP) is 4.91. The first-order valence-corrected chi connectivity index (χ1v) is 9.52. The molecule has 0 spiro atoms. The molecule has 2 aromatic rings. The number of methoxy groups -OCH3 is 1. The topological polar surface area (TPSA) is 64.6 Å². The number of hydrogen-bond acceptors (Lipinski definition) is 5. The van der Waals surface area contributed by atoms with Gasteiger partial charge in [-0.2, -0.15) is 0 Å². The molecule has 0 aliphatic carbocycles. The van der Waals surface area contributed by atoms with E-state index in [0.29, 0.717) is 16.5 Å². The van der Waals surface area contributed by atoms with Crippen LogP contribution in [0.25, 0.3) is 0 Å². The maximum absolute atomic E-state index is 12.3. The average Bonchev–Trinajstić information content (AvgIpc) is 2.62. The van der Waals surface area contributed by atoms with Crippen molar-refractivity contribution in [3.8, 4) is 5.75 Å². The third-order valence-corrected chi connectivity index (χ3v) is 4.76. The first-order chi connectivity index (χ1) is 12.3. The Hall–Kier alpha value is -1.89. The van der Waals surface area contributed by atoms with Gasteiger partial charge in [0.2, 0.25) is 0 Å². The fourth-order valence-electron chi connectivity index (χ4n) is 2.08. The van der Waals surface area contributed by atoms with Crippen LogP contribution in [-0.2, 0) is 9.53 Å². The minimum Gasteiger partial charge on any atom is -0.495 e. The average molecular weight is 414 g/mol. The van der Waals surface area contributed by atoms with Crippen LogP contribution < -0.4 is 10.1 Å². The highest BCUT2D eigenvalue weighted by atomic mass is 35.5. The maximum atomic E-state index is 12.3. The number of rotatable bonds is 6. The molecule has 0 radical (unpaired) electrons. The van der Waals surface area contributed by atoms with E-state index in [-0.39, 0.29) is 10.6 Å². The molecule has 0 unspecified atom stereocenters. The van der Waals surface area contributed by atoms with E-state index in [1.165, 1.54) is 25.8 Å². The highest BCUT2D eigenvalue weighted by Crippen LogP contribution is 2.28. The number of anilines is 1. The molecular weight excluding hydrogens is 397 g/mol. The van der Waals surface area contributed by atoms with Gasteiger partial charge in [0.15, 0.2) is 6.10 Å². The molecule has 8 heteroatoms. The van der Waals surface area contributed by atoms with Crippen molar-refractivity contribution in [1.29, 1.82) is 0 Å². The molecule has 138 valence electrons. The number of benzene rings is 2. The van der Waals surface area contributed by atoms with E-state index in [0.717, 1.165) is 4.90 Å². The van der Waals surface area contributed by atoms with Crippen LogP contribution in [-0.4, -0.2) is 31.3 Å². The van der Waals surface area contributed by atoms with Crippen LogP contribution in [0.15, 0.2) is 41.3 Å². The molecule has 5 nitrogen and oxygen atoms in total. The number of nitrogens with one attached hydrogen (secondary N) is 1. The molecule has 0 fully saturated rings. The second-order valence-corrected chi connectivity index (χ2v) is 6.95. The summed E-state index contributed by atoms with van der Waals surface area (Å²) in [5, 5.41) is 3.33. The van der Waals surface area contributed by atoms with Gasteiger partial charge < -0.3 is 14.8 Å². The van der Waals surface area contributed by atoms with Crippen LogP contribution in [0.5, 0.6) is 5.75 Å². The Morgan fingerprint density at radius 3 is 2.54 bits per heavy atom. The number of thioether (sulfide) groups is 1. The Morgan fingerprint density at radius 1 is 1.15 bits per heavy atom. The van der Waals surface area contributed by atoms with Gasteiger partial charge >= 0.3 is 5.97 Å². The van der Waals surface area contributed by atoms with Crippen molar-refractivity contribution in [2.75, 3.05) is 18.7 Å². The Morgan fingerprint density at radius 2 is 1.88 bits per heavy atom. The van der Waals surface area contributed by atoms with Crippen molar-refractivity contribution >= 4 is 52.5 Å². The van der Waals surface area contributed by atoms with Gasteiger partial charge in [-0.05, 0) is 49.6 Å². The van der Waals surface area contributed by atoms with E-state index in [2.05, 4.69) is 5.32 Å². The van der Waals surface area contributed by atoms with Crippen molar-refractivity contribution in [1.82, 2.24) is 0 Å². The van der Waals surface area contributed by atoms with E-state index in [4.69, 9.17) is 32.7 Å². The fraction of sp³-hybridized carbons (Fsp3) is 0.222. The zero-order chi connectivity index (χ0) is 19.3. The second-order valence-electron chi connectivity index (χ2n) is 5.23. The summed E-state index contributed by atoms with van der Waals surface area (Å²) in [6, 6.07) is 9.85. The number of amides is 1. The summed E-state index contributed by atoms with van der Waals surface area (Å²) in [6.07, 6.45) is 0.840. The van der Waals surface area contributed by atoms with Gasteiger partial charge in [-0.3, -0.25) is 4.79 Å². The Balaban J connectivity index is 2.10. The SMILES string of the molecule is COc1ccc(Cl)cc1NC(=O)[C@@H](C)OC(=O)c1cc(SC)ccc1Cl. The lowest BCUT2D eigenvalue weighted by molar-refractivity contribution is -0.123. The summed E-state index contributed by atoms with van der Waals surface area (Å²) in [5.41, 5.74) is 0.591. The number of esters is 1. The van der Waals surface area contributed by atoms with Crippen LogP contribution in [0.2, 0.25) is 10.0 Å². The van der Waals surface area contributed by atoms with Gasteiger partial charge in [-0.25, -0.2) is 4.79 Å². The van der Waals surface area contributed by atoms with Gasteiger partial charge in [-0.15, -0.1) is 11.8 Å². The van der Waals surface area contributed by atoms with E-state index in [1.54, 1.807) is 36.4 Å². The molecule has 0 saturated heterocycles. The lowest BCUT2D eigenvalue weighted by atomic mass is 10.2. The molecule has 26 heavy (non-hydrogen) atoms. The maximum Gasteiger partial charge on any atom is 0.340 e. The van der Waals surface area contributed by atoms with Crippen LogP contribution in [0.4, 0.5) is 5.69 Å². The number of carbonyl (C=O) groups excluding carboxylic acids is 2. The minimum atomic E-state index is -1.04. The van der Waals surface area contributed by atoms with Crippen LogP contribution >= 0.6 is 35.0 Å².